The number of nitrogens with two attached hydrogens (primary N) is 1. The molecule has 0 aliphatic rings. The van der Waals surface area contributed by atoms with Gasteiger partial charge in [0.1, 0.15) is 5.75 Å². The summed E-state index contributed by atoms with van der Waals surface area (Å²) in [4.78, 5) is 16.1. The minimum atomic E-state index is -0.294. The number of anilines is 1. The zero-order valence-electron chi connectivity index (χ0n) is 11.7. The highest BCUT2D eigenvalue weighted by atomic mass is 16.5. The molecular weight excluding hydrogens is 258 g/mol. The van der Waals surface area contributed by atoms with E-state index < -0.39 is 0 Å². The largest absolute Gasteiger partial charge is 0.497 e. The van der Waals surface area contributed by atoms with Crippen LogP contribution in [-0.2, 0) is 0 Å². The predicted octanol–water partition coefficient (Wildman–Crippen LogP) is 2.21. The van der Waals surface area contributed by atoms with Gasteiger partial charge in [0.15, 0.2) is 5.75 Å². The molecule has 1 aromatic carbocycles. The van der Waals surface area contributed by atoms with Crippen molar-refractivity contribution in [2.45, 2.75) is 19.9 Å². The second-order valence-corrected chi connectivity index (χ2v) is 4.54. The Morgan fingerprint density at radius 3 is 2.70 bits per heavy atom. The second kappa shape index (κ2) is 5.64. The lowest BCUT2D eigenvalue weighted by atomic mass is 10.3. The quantitative estimate of drug-likeness (QED) is 0.865. The van der Waals surface area contributed by atoms with E-state index in [0.29, 0.717) is 17.2 Å². The predicted molar refractivity (Wildman–Crippen MR) is 76.4 cm³/mol. The first kappa shape index (κ1) is 13.9. The molecular formula is C14H17N3O3. The molecule has 0 unspecified atom stereocenters. The van der Waals surface area contributed by atoms with Crippen LogP contribution in [0.15, 0.2) is 35.4 Å². The van der Waals surface area contributed by atoms with Gasteiger partial charge in [0, 0.05) is 24.5 Å². The summed E-state index contributed by atoms with van der Waals surface area (Å²) in [7, 11) is 1.55. The Kier molecular flexibility index (Phi) is 3.93. The van der Waals surface area contributed by atoms with Crippen LogP contribution in [0.3, 0.4) is 0 Å². The van der Waals surface area contributed by atoms with E-state index >= 15 is 0 Å². The van der Waals surface area contributed by atoms with Gasteiger partial charge in [0.25, 0.3) is 5.88 Å². The fourth-order valence-electron chi connectivity index (χ4n) is 1.73. The lowest BCUT2D eigenvalue weighted by molar-refractivity contribution is 0.411. The SMILES string of the molecule is COc1ccc(Oc2nccn(C(C)C)c2=O)c(N)c1. The maximum absolute atomic E-state index is 12.2. The standard InChI is InChI=1S/C14H17N3O3/c1-9(2)17-7-6-16-13(14(17)18)20-12-5-4-10(19-3)8-11(12)15/h4-9H,15H2,1-3H3. The Labute approximate surface area is 116 Å². The first-order valence-corrected chi connectivity index (χ1v) is 6.21. The topological polar surface area (TPSA) is 79.4 Å². The minimum absolute atomic E-state index is 0.00179. The Morgan fingerprint density at radius 1 is 1.35 bits per heavy atom. The Morgan fingerprint density at radius 2 is 2.10 bits per heavy atom. The number of nitrogen functional groups attached to an aromatic ring is 1. The van der Waals surface area contributed by atoms with E-state index in [1.807, 2.05) is 13.8 Å². The van der Waals surface area contributed by atoms with Crippen LogP contribution >= 0.6 is 0 Å². The van der Waals surface area contributed by atoms with E-state index in [0.717, 1.165) is 0 Å². The van der Waals surface area contributed by atoms with E-state index in [1.54, 1.807) is 36.1 Å². The molecule has 0 saturated carbocycles. The smallest absolute Gasteiger partial charge is 0.313 e. The van der Waals surface area contributed by atoms with Gasteiger partial charge in [-0.2, -0.15) is 0 Å². The monoisotopic (exact) mass is 275 g/mol. The number of ether oxygens (including phenoxy) is 2. The lowest BCUT2D eigenvalue weighted by Gasteiger charge is -2.12. The Bertz CT molecular complexity index is 665. The number of methoxy groups -OCH3 is 1. The first-order chi connectivity index (χ1) is 9.52. The van der Waals surface area contributed by atoms with Gasteiger partial charge >= 0.3 is 5.56 Å². The third-order valence-corrected chi connectivity index (χ3v) is 2.82. The highest BCUT2D eigenvalue weighted by Gasteiger charge is 2.11. The zero-order chi connectivity index (χ0) is 14.7. The fraction of sp³-hybridized carbons (Fsp3) is 0.286. The van der Waals surface area contributed by atoms with Crippen LogP contribution in [0.4, 0.5) is 5.69 Å². The Hall–Kier alpha value is -2.50. The molecule has 0 saturated heterocycles. The molecule has 106 valence electrons. The number of hydrogen-bond donors (Lipinski definition) is 1. The first-order valence-electron chi connectivity index (χ1n) is 6.21. The number of hydrogen-bond acceptors (Lipinski definition) is 5. The molecule has 1 heterocycles. The molecule has 0 bridgehead atoms. The van der Waals surface area contributed by atoms with Crippen LogP contribution in [-0.4, -0.2) is 16.7 Å². The molecule has 6 nitrogen and oxygen atoms in total. The van der Waals surface area contributed by atoms with Gasteiger partial charge in [-0.3, -0.25) is 4.79 Å². The van der Waals surface area contributed by atoms with Crippen LogP contribution in [0, 0.1) is 0 Å². The van der Waals surface area contributed by atoms with E-state index in [9.17, 15) is 4.79 Å². The van der Waals surface area contributed by atoms with E-state index in [1.165, 1.54) is 6.20 Å². The lowest BCUT2D eigenvalue weighted by Crippen LogP contribution is -2.23. The maximum atomic E-state index is 12.2. The van der Waals surface area contributed by atoms with Crippen molar-refractivity contribution >= 4 is 5.69 Å². The van der Waals surface area contributed by atoms with Crippen LogP contribution < -0.4 is 20.8 Å². The van der Waals surface area contributed by atoms with Crippen molar-refractivity contribution in [1.82, 2.24) is 9.55 Å². The molecule has 0 fully saturated rings. The molecule has 0 aliphatic heterocycles. The molecule has 6 heteroatoms. The van der Waals surface area contributed by atoms with Crippen LogP contribution in [0.2, 0.25) is 0 Å². The van der Waals surface area contributed by atoms with E-state index in [4.69, 9.17) is 15.2 Å². The minimum Gasteiger partial charge on any atom is -0.497 e. The molecule has 0 aliphatic carbocycles. The molecule has 2 rings (SSSR count). The normalized spacial score (nSPS) is 10.6. The van der Waals surface area contributed by atoms with Gasteiger partial charge in [0.2, 0.25) is 0 Å². The molecule has 0 spiro atoms. The van der Waals surface area contributed by atoms with Gasteiger partial charge in [-0.25, -0.2) is 4.98 Å². The van der Waals surface area contributed by atoms with Crippen molar-refractivity contribution in [2.24, 2.45) is 0 Å². The molecule has 2 N–H and O–H groups in total. The molecule has 0 radical (unpaired) electrons. The van der Waals surface area contributed by atoms with Crippen molar-refractivity contribution in [3.05, 3.63) is 40.9 Å². The van der Waals surface area contributed by atoms with Gasteiger partial charge in [-0.15, -0.1) is 0 Å². The van der Waals surface area contributed by atoms with Gasteiger partial charge in [-0.05, 0) is 26.0 Å². The van der Waals surface area contributed by atoms with Crippen molar-refractivity contribution in [2.75, 3.05) is 12.8 Å². The number of nitrogens with zero attached hydrogens (tertiary/aromatic N) is 2. The number of benzene rings is 1. The molecule has 20 heavy (non-hydrogen) atoms. The van der Waals surface area contributed by atoms with Crippen molar-refractivity contribution < 1.29 is 9.47 Å². The third-order valence-electron chi connectivity index (χ3n) is 2.82. The summed E-state index contributed by atoms with van der Waals surface area (Å²) >= 11 is 0. The summed E-state index contributed by atoms with van der Waals surface area (Å²) in [6, 6.07) is 5.00. The second-order valence-electron chi connectivity index (χ2n) is 4.54. The van der Waals surface area contributed by atoms with Crippen LogP contribution in [0.25, 0.3) is 0 Å². The Balaban J connectivity index is 2.36. The summed E-state index contributed by atoms with van der Waals surface area (Å²) in [6.07, 6.45) is 3.15. The average molecular weight is 275 g/mol. The molecule has 2 aromatic rings. The van der Waals surface area contributed by atoms with Crippen molar-refractivity contribution in [1.29, 1.82) is 0 Å². The van der Waals surface area contributed by atoms with Gasteiger partial charge in [0.05, 0.1) is 12.8 Å². The summed E-state index contributed by atoms with van der Waals surface area (Å²) in [5.41, 5.74) is 5.94. The third kappa shape index (κ3) is 2.74. The highest BCUT2D eigenvalue weighted by molar-refractivity contribution is 5.57. The summed E-state index contributed by atoms with van der Waals surface area (Å²) in [6.45, 7) is 3.82. The molecule has 0 atom stereocenters. The molecule has 1 aromatic heterocycles. The zero-order valence-corrected chi connectivity index (χ0v) is 11.7. The van der Waals surface area contributed by atoms with Crippen LogP contribution in [0.5, 0.6) is 17.4 Å². The summed E-state index contributed by atoms with van der Waals surface area (Å²) < 4.78 is 12.1. The van der Waals surface area contributed by atoms with Crippen LogP contribution in [0.1, 0.15) is 19.9 Å². The summed E-state index contributed by atoms with van der Waals surface area (Å²) in [5.74, 6) is 0.991. The van der Waals surface area contributed by atoms with Crippen molar-refractivity contribution in [3.63, 3.8) is 0 Å². The average Bonchev–Trinajstić information content (AvgIpc) is 2.42. The van der Waals surface area contributed by atoms with E-state index in [2.05, 4.69) is 4.98 Å². The van der Waals surface area contributed by atoms with Gasteiger partial charge < -0.3 is 19.8 Å². The van der Waals surface area contributed by atoms with E-state index in [-0.39, 0.29) is 17.5 Å². The molecule has 0 amide bonds. The van der Waals surface area contributed by atoms with Crippen molar-refractivity contribution in [3.8, 4) is 17.4 Å². The maximum Gasteiger partial charge on any atom is 0.313 e. The fourth-order valence-corrected chi connectivity index (χ4v) is 1.73. The number of aromatic nitrogens is 2. The highest BCUT2D eigenvalue weighted by Crippen LogP contribution is 2.28. The number of rotatable bonds is 4. The summed E-state index contributed by atoms with van der Waals surface area (Å²) in [5, 5.41) is 0. The van der Waals surface area contributed by atoms with Gasteiger partial charge in [-0.1, -0.05) is 0 Å².